The highest BCUT2D eigenvalue weighted by Gasteiger charge is 2.50. The van der Waals surface area contributed by atoms with Gasteiger partial charge in [0.25, 0.3) is 5.91 Å². The van der Waals surface area contributed by atoms with E-state index in [1.165, 1.54) is 12.0 Å². The van der Waals surface area contributed by atoms with Crippen LogP contribution in [0, 0.1) is 0 Å². The summed E-state index contributed by atoms with van der Waals surface area (Å²) in [7, 11) is 0. The maximum Gasteiger partial charge on any atom is 0.272 e. The zero-order chi connectivity index (χ0) is 20.3. The Morgan fingerprint density at radius 1 is 0.967 bits per heavy atom. The van der Waals surface area contributed by atoms with Gasteiger partial charge in [0, 0.05) is 24.2 Å². The van der Waals surface area contributed by atoms with Crippen molar-refractivity contribution < 1.29 is 9.59 Å². The van der Waals surface area contributed by atoms with Crippen molar-refractivity contribution in [3.05, 3.63) is 70.9 Å². The fourth-order valence-electron chi connectivity index (χ4n) is 5.41. The summed E-state index contributed by atoms with van der Waals surface area (Å²) in [5, 5.41) is 4.08. The van der Waals surface area contributed by atoms with Gasteiger partial charge in [0.05, 0.1) is 10.9 Å². The molecule has 1 aromatic heterocycles. The molecule has 6 rings (SSSR count). The number of carbonyl (C=O) groups is 2. The topological polar surface area (TPSA) is 62.3 Å². The largest absolute Gasteiger partial charge is 0.337 e. The molecular formula is C25H23N3O2. The molecule has 1 unspecified atom stereocenters. The number of fused-ring (bicyclic) bond motifs is 4. The number of hydrogen-bond acceptors (Lipinski definition) is 3. The number of benzene rings is 2. The average molecular weight is 397 g/mol. The molecule has 1 spiro atoms. The molecule has 1 N–H and O–H groups in total. The van der Waals surface area contributed by atoms with Crippen LogP contribution < -0.4 is 5.32 Å². The number of pyridine rings is 1. The van der Waals surface area contributed by atoms with Crippen molar-refractivity contribution in [1.29, 1.82) is 0 Å². The first-order valence-electron chi connectivity index (χ1n) is 10.8. The van der Waals surface area contributed by atoms with Crippen LogP contribution in [0.2, 0.25) is 0 Å². The minimum Gasteiger partial charge on any atom is -0.337 e. The van der Waals surface area contributed by atoms with Gasteiger partial charge >= 0.3 is 0 Å². The Bertz CT molecular complexity index is 1210. The third-order valence-electron chi connectivity index (χ3n) is 6.98. The molecule has 150 valence electrons. The van der Waals surface area contributed by atoms with Gasteiger partial charge in [0.1, 0.15) is 5.69 Å². The van der Waals surface area contributed by atoms with Gasteiger partial charge < -0.3 is 10.2 Å². The Morgan fingerprint density at radius 3 is 2.57 bits per heavy atom. The number of amides is 2. The van der Waals surface area contributed by atoms with Crippen molar-refractivity contribution in [2.75, 3.05) is 18.4 Å². The maximum absolute atomic E-state index is 13.0. The van der Waals surface area contributed by atoms with E-state index in [2.05, 4.69) is 23.5 Å². The molecule has 3 heterocycles. The van der Waals surface area contributed by atoms with Crippen LogP contribution in [0.1, 0.15) is 46.4 Å². The molecule has 2 amide bonds. The van der Waals surface area contributed by atoms with Crippen LogP contribution in [-0.2, 0) is 23.1 Å². The van der Waals surface area contributed by atoms with Crippen molar-refractivity contribution in [3.63, 3.8) is 0 Å². The number of rotatable bonds is 1. The van der Waals surface area contributed by atoms with E-state index in [1.54, 1.807) is 0 Å². The van der Waals surface area contributed by atoms with Crippen LogP contribution in [0.3, 0.4) is 0 Å². The summed E-state index contributed by atoms with van der Waals surface area (Å²) >= 11 is 0. The van der Waals surface area contributed by atoms with E-state index in [1.807, 2.05) is 35.2 Å². The summed E-state index contributed by atoms with van der Waals surface area (Å²) in [4.78, 5) is 32.5. The molecule has 1 saturated heterocycles. The van der Waals surface area contributed by atoms with Crippen LogP contribution >= 0.6 is 0 Å². The summed E-state index contributed by atoms with van der Waals surface area (Å²) in [5.41, 5.74) is 5.19. The lowest BCUT2D eigenvalue weighted by Crippen LogP contribution is -2.36. The summed E-state index contributed by atoms with van der Waals surface area (Å²) in [6, 6.07) is 16.1. The van der Waals surface area contributed by atoms with Crippen LogP contribution in [-0.4, -0.2) is 34.8 Å². The second-order valence-electron chi connectivity index (χ2n) is 8.80. The Balaban J connectivity index is 1.37. The lowest BCUT2D eigenvalue weighted by Gasteiger charge is -2.26. The van der Waals surface area contributed by atoms with E-state index < -0.39 is 5.41 Å². The predicted molar refractivity (Wildman–Crippen MR) is 116 cm³/mol. The molecular weight excluding hydrogens is 374 g/mol. The molecule has 3 aromatic rings. The van der Waals surface area contributed by atoms with Crippen molar-refractivity contribution in [1.82, 2.24) is 9.88 Å². The van der Waals surface area contributed by atoms with E-state index in [-0.39, 0.29) is 11.8 Å². The fourth-order valence-corrected chi connectivity index (χ4v) is 5.41. The predicted octanol–water partition coefficient (Wildman–Crippen LogP) is 3.85. The van der Waals surface area contributed by atoms with Crippen molar-refractivity contribution in [2.24, 2.45) is 0 Å². The van der Waals surface area contributed by atoms with E-state index in [4.69, 9.17) is 4.98 Å². The van der Waals surface area contributed by atoms with Gasteiger partial charge in [-0.25, -0.2) is 4.98 Å². The second-order valence-corrected chi connectivity index (χ2v) is 8.80. The van der Waals surface area contributed by atoms with Gasteiger partial charge in [-0.15, -0.1) is 0 Å². The highest BCUT2D eigenvalue weighted by atomic mass is 16.2. The Hall–Kier alpha value is -3.21. The third-order valence-corrected chi connectivity index (χ3v) is 6.98. The number of para-hydroxylation sites is 1. The monoisotopic (exact) mass is 397 g/mol. The number of hydrogen-bond donors (Lipinski definition) is 1. The van der Waals surface area contributed by atoms with Crippen LogP contribution in [0.5, 0.6) is 0 Å². The molecule has 2 aliphatic heterocycles. The van der Waals surface area contributed by atoms with Crippen molar-refractivity contribution in [3.8, 4) is 0 Å². The number of piperidine rings is 1. The summed E-state index contributed by atoms with van der Waals surface area (Å²) < 4.78 is 0. The van der Waals surface area contributed by atoms with Gasteiger partial charge in [-0.2, -0.15) is 0 Å². The summed E-state index contributed by atoms with van der Waals surface area (Å²) in [6.45, 7) is 1.64. The average Bonchev–Trinajstić information content (AvgIpc) is 3.29. The second kappa shape index (κ2) is 6.39. The smallest absolute Gasteiger partial charge is 0.272 e. The van der Waals surface area contributed by atoms with E-state index in [9.17, 15) is 9.59 Å². The normalized spacial score (nSPS) is 22.3. The third kappa shape index (κ3) is 2.51. The lowest BCUT2D eigenvalue weighted by atomic mass is 9.79. The molecule has 3 aliphatic rings. The SMILES string of the molecule is O=C(c1ccc2cc3c(cc2n1)CC1(C3)C(=O)Nc2ccccc21)N1CCCCC1. The zero-order valence-electron chi connectivity index (χ0n) is 16.8. The molecule has 1 aliphatic carbocycles. The minimum atomic E-state index is -0.525. The van der Waals surface area contributed by atoms with Gasteiger partial charge in [-0.05, 0) is 73.1 Å². The molecule has 5 heteroatoms. The first kappa shape index (κ1) is 17.6. The van der Waals surface area contributed by atoms with E-state index >= 15 is 0 Å². The quantitative estimate of drug-likeness (QED) is 0.678. The Labute approximate surface area is 175 Å². The highest BCUT2D eigenvalue weighted by Crippen LogP contribution is 2.47. The van der Waals surface area contributed by atoms with E-state index in [0.29, 0.717) is 18.5 Å². The summed E-state index contributed by atoms with van der Waals surface area (Å²) in [6.07, 6.45) is 4.71. The molecule has 2 aromatic carbocycles. The van der Waals surface area contributed by atoms with Crippen LogP contribution in [0.25, 0.3) is 10.9 Å². The number of likely N-dealkylation sites (tertiary alicyclic amines) is 1. The molecule has 30 heavy (non-hydrogen) atoms. The molecule has 5 nitrogen and oxygen atoms in total. The number of anilines is 1. The standard InChI is InChI=1S/C25H23N3O2/c29-23(28-10-4-1-5-11-28)21-9-8-16-12-17-14-25(15-18(17)13-22(16)26-21)19-6-2-3-7-20(19)27-24(25)30/h2-3,6-9,12-13H,1,4-5,10-11,14-15H2,(H,27,30). The first-order valence-corrected chi connectivity index (χ1v) is 10.8. The lowest BCUT2D eigenvalue weighted by molar-refractivity contribution is -0.120. The minimum absolute atomic E-state index is 0.0256. The Kier molecular flexibility index (Phi) is 3.76. The van der Waals surface area contributed by atoms with Gasteiger partial charge in [0.15, 0.2) is 0 Å². The number of nitrogens with zero attached hydrogens (tertiary/aromatic N) is 2. The zero-order valence-corrected chi connectivity index (χ0v) is 16.8. The molecule has 0 saturated carbocycles. The number of aromatic nitrogens is 1. The maximum atomic E-state index is 13.0. The molecule has 1 atom stereocenters. The number of nitrogens with one attached hydrogen (secondary N) is 1. The van der Waals surface area contributed by atoms with E-state index in [0.717, 1.165) is 53.6 Å². The molecule has 1 fully saturated rings. The molecule has 0 bridgehead atoms. The van der Waals surface area contributed by atoms with Crippen molar-refractivity contribution >= 4 is 28.4 Å². The first-order chi connectivity index (χ1) is 14.6. The van der Waals surface area contributed by atoms with Gasteiger partial charge in [-0.3, -0.25) is 9.59 Å². The van der Waals surface area contributed by atoms with Crippen molar-refractivity contribution in [2.45, 2.75) is 37.5 Å². The van der Waals surface area contributed by atoms with Crippen LogP contribution in [0.15, 0.2) is 48.5 Å². The summed E-state index contributed by atoms with van der Waals surface area (Å²) in [5.74, 6) is 0.107. The van der Waals surface area contributed by atoms with Gasteiger partial charge in [-0.1, -0.05) is 24.3 Å². The van der Waals surface area contributed by atoms with Gasteiger partial charge in [0.2, 0.25) is 5.91 Å². The Morgan fingerprint density at radius 2 is 1.73 bits per heavy atom. The highest BCUT2D eigenvalue weighted by molar-refractivity contribution is 6.07. The fraction of sp³-hybridized carbons (Fsp3) is 0.320. The number of carbonyl (C=O) groups excluding carboxylic acids is 2. The van der Waals surface area contributed by atoms with Crippen LogP contribution in [0.4, 0.5) is 5.69 Å². The molecule has 0 radical (unpaired) electrons.